The van der Waals surface area contributed by atoms with Crippen molar-refractivity contribution in [3.8, 4) is 0 Å². The van der Waals surface area contributed by atoms with Gasteiger partial charge in [0.25, 0.3) is 0 Å². The molecule has 0 unspecified atom stereocenters. The quantitative estimate of drug-likeness (QED) is 0.298. The molecule has 0 bridgehead atoms. The van der Waals surface area contributed by atoms with E-state index in [4.69, 9.17) is 10.0 Å². The Morgan fingerprint density at radius 1 is 1.43 bits per heavy atom. The van der Waals surface area contributed by atoms with Crippen LogP contribution in [0.1, 0.15) is 12.8 Å². The zero-order valence-electron chi connectivity index (χ0n) is 11.0. The molecule has 0 aromatic carbocycles. The molecule has 2 heterocycles. The fraction of sp³-hybridized carbons (Fsp3) is 0.364. The average molecular weight is 297 g/mol. The predicted molar refractivity (Wildman–Crippen MR) is 70.6 cm³/mol. The highest BCUT2D eigenvalue weighted by Gasteiger charge is 2.36. The number of carbonyl (C=O) groups is 1. The molecule has 21 heavy (non-hydrogen) atoms. The minimum Gasteiger partial charge on any atom is -0.465 e. The largest absolute Gasteiger partial charge is 0.465 e. The number of hydrogen-bond donors (Lipinski definition) is 4. The van der Waals surface area contributed by atoms with Gasteiger partial charge < -0.3 is 25.9 Å². The van der Waals surface area contributed by atoms with Crippen LogP contribution in [-0.2, 0) is 4.94 Å². The van der Waals surface area contributed by atoms with Gasteiger partial charge in [0.2, 0.25) is 5.70 Å². The third-order valence-electron chi connectivity index (χ3n) is 2.82. The van der Waals surface area contributed by atoms with E-state index in [1.54, 1.807) is 6.08 Å². The van der Waals surface area contributed by atoms with Crippen molar-refractivity contribution in [2.24, 2.45) is 0 Å². The molecule has 10 nitrogen and oxygen atoms in total. The number of hydrogen-bond acceptors (Lipinski definition) is 7. The molecule has 2 aliphatic rings. The molecule has 0 aromatic heterocycles. The molecule has 0 aliphatic carbocycles. The Morgan fingerprint density at radius 3 is 2.90 bits per heavy atom. The molecule has 0 fully saturated rings. The predicted octanol–water partition coefficient (Wildman–Crippen LogP) is 0.233. The number of nitrogens with zero attached hydrogens (tertiary/aromatic N) is 2. The molecule has 4 N–H and O–H groups in total. The second kappa shape index (κ2) is 6.61. The van der Waals surface area contributed by atoms with Gasteiger partial charge in [-0.05, 0) is 28.9 Å². The molecule has 114 valence electrons. The van der Waals surface area contributed by atoms with Crippen LogP contribution >= 0.6 is 0 Å². The Bertz CT molecular complexity index is 527. The Labute approximate surface area is 119 Å². The van der Waals surface area contributed by atoms with Crippen molar-refractivity contribution < 1.29 is 19.8 Å². The van der Waals surface area contributed by atoms with E-state index in [2.05, 4.69) is 16.1 Å². The van der Waals surface area contributed by atoms with Crippen molar-refractivity contribution in [3.63, 3.8) is 0 Å². The fourth-order valence-corrected chi connectivity index (χ4v) is 1.86. The summed E-state index contributed by atoms with van der Waals surface area (Å²) >= 11 is 0. The van der Waals surface area contributed by atoms with Crippen LogP contribution in [0.25, 0.3) is 0 Å². The van der Waals surface area contributed by atoms with E-state index in [9.17, 15) is 14.9 Å². The second-order valence-electron chi connectivity index (χ2n) is 4.26. The molecular formula is C11H15N5O5. The SMILES string of the molecule is O=C(O)NCCCCNC1=CC=C([N+](=O)[O-])N2ONC=C12. The summed E-state index contributed by atoms with van der Waals surface area (Å²) in [5.74, 6) is -0.178. The van der Waals surface area contributed by atoms with Crippen molar-refractivity contribution in [1.82, 2.24) is 21.2 Å². The van der Waals surface area contributed by atoms with Crippen molar-refractivity contribution in [1.29, 1.82) is 0 Å². The second-order valence-corrected chi connectivity index (χ2v) is 4.26. The number of amides is 1. The van der Waals surface area contributed by atoms with E-state index in [1.165, 1.54) is 12.3 Å². The number of nitro groups is 1. The summed E-state index contributed by atoms with van der Waals surface area (Å²) in [5, 5.41) is 25.8. The molecule has 1 amide bonds. The lowest BCUT2D eigenvalue weighted by Gasteiger charge is -2.18. The van der Waals surface area contributed by atoms with Crippen molar-refractivity contribution in [3.05, 3.63) is 45.7 Å². The van der Waals surface area contributed by atoms with E-state index in [1.807, 2.05) is 0 Å². The van der Waals surface area contributed by atoms with Crippen LogP contribution in [0.5, 0.6) is 0 Å². The maximum atomic E-state index is 10.8. The van der Waals surface area contributed by atoms with Crippen LogP contribution < -0.4 is 16.1 Å². The molecule has 0 saturated heterocycles. The minimum atomic E-state index is -1.04. The van der Waals surface area contributed by atoms with Gasteiger partial charge in [-0.15, -0.1) is 0 Å². The highest BCUT2D eigenvalue weighted by molar-refractivity contribution is 5.64. The molecule has 0 atom stereocenters. The molecule has 10 heteroatoms. The average Bonchev–Trinajstić information content (AvgIpc) is 2.91. The summed E-state index contributed by atoms with van der Waals surface area (Å²) in [5.41, 5.74) is 3.68. The molecule has 2 rings (SSSR count). The van der Waals surface area contributed by atoms with E-state index in [0.29, 0.717) is 30.9 Å². The number of rotatable bonds is 7. The third-order valence-corrected chi connectivity index (χ3v) is 2.82. The number of unbranched alkanes of at least 4 members (excludes halogenated alkanes) is 1. The van der Waals surface area contributed by atoms with Gasteiger partial charge in [0.1, 0.15) is 0 Å². The maximum Gasteiger partial charge on any atom is 0.404 e. The number of nitrogens with one attached hydrogen (secondary N) is 3. The Balaban J connectivity index is 1.83. The Kier molecular flexibility index (Phi) is 4.61. The van der Waals surface area contributed by atoms with Gasteiger partial charge in [-0.1, -0.05) is 4.94 Å². The number of fused-ring (bicyclic) bond motifs is 1. The van der Waals surface area contributed by atoms with Crippen LogP contribution in [0.15, 0.2) is 35.6 Å². The summed E-state index contributed by atoms with van der Waals surface area (Å²) in [4.78, 5) is 25.5. The lowest BCUT2D eigenvalue weighted by molar-refractivity contribution is -0.465. The maximum absolute atomic E-state index is 10.8. The summed E-state index contributed by atoms with van der Waals surface area (Å²) in [6, 6.07) is 0. The summed E-state index contributed by atoms with van der Waals surface area (Å²) in [6.45, 7) is 1.00. The van der Waals surface area contributed by atoms with Gasteiger partial charge in [0.15, 0.2) is 0 Å². The molecule has 0 saturated carbocycles. The van der Waals surface area contributed by atoms with E-state index in [-0.39, 0.29) is 5.82 Å². The zero-order valence-corrected chi connectivity index (χ0v) is 11.0. The van der Waals surface area contributed by atoms with Crippen molar-refractivity contribution >= 4 is 6.09 Å². The number of carboxylic acid groups (broad SMARTS) is 1. The molecule has 0 radical (unpaired) electrons. The minimum absolute atomic E-state index is 0.178. The summed E-state index contributed by atoms with van der Waals surface area (Å²) < 4.78 is 0. The summed E-state index contributed by atoms with van der Waals surface area (Å²) in [7, 11) is 0. The lowest BCUT2D eigenvalue weighted by atomic mass is 10.2. The lowest BCUT2D eigenvalue weighted by Crippen LogP contribution is -2.31. The highest BCUT2D eigenvalue weighted by Crippen LogP contribution is 2.26. The molecule has 2 aliphatic heterocycles. The van der Waals surface area contributed by atoms with Crippen LogP contribution in [0.2, 0.25) is 0 Å². The zero-order chi connectivity index (χ0) is 15.2. The van der Waals surface area contributed by atoms with E-state index >= 15 is 0 Å². The molecular weight excluding hydrogens is 282 g/mol. The van der Waals surface area contributed by atoms with Crippen molar-refractivity contribution in [2.45, 2.75) is 12.8 Å². The van der Waals surface area contributed by atoms with Gasteiger partial charge in [-0.25, -0.2) is 10.3 Å². The first-order valence-corrected chi connectivity index (χ1v) is 6.30. The monoisotopic (exact) mass is 297 g/mol. The van der Waals surface area contributed by atoms with Gasteiger partial charge >= 0.3 is 11.9 Å². The van der Waals surface area contributed by atoms with E-state index < -0.39 is 11.0 Å². The summed E-state index contributed by atoms with van der Waals surface area (Å²) in [6.07, 6.45) is 4.88. The van der Waals surface area contributed by atoms with Crippen LogP contribution in [-0.4, -0.2) is 34.3 Å². The standard InChI is InChI=1S/C11H15N5O5/c17-11(18)13-6-2-1-5-12-8-3-4-10(16(19)20)15-9(8)7-14-21-15/h3-4,7,12-14H,1-2,5-6H2,(H,17,18). The number of hydroxylamine groups is 3. The highest BCUT2D eigenvalue weighted by atomic mass is 16.8. The van der Waals surface area contributed by atoms with Gasteiger partial charge in [0, 0.05) is 19.2 Å². The van der Waals surface area contributed by atoms with Gasteiger partial charge in [0.05, 0.1) is 11.9 Å². The topological polar surface area (TPSA) is 129 Å². The molecule has 0 spiro atoms. The fourth-order valence-electron chi connectivity index (χ4n) is 1.86. The van der Waals surface area contributed by atoms with Gasteiger partial charge in [-0.3, -0.25) is 0 Å². The Morgan fingerprint density at radius 2 is 2.19 bits per heavy atom. The van der Waals surface area contributed by atoms with Crippen molar-refractivity contribution in [2.75, 3.05) is 13.1 Å². The first-order chi connectivity index (χ1) is 10.1. The van der Waals surface area contributed by atoms with E-state index in [0.717, 1.165) is 11.5 Å². The Hall–Kier alpha value is -2.75. The smallest absolute Gasteiger partial charge is 0.404 e. The first-order valence-electron chi connectivity index (χ1n) is 6.30. The normalized spacial score (nSPS) is 16.2. The van der Waals surface area contributed by atoms with Crippen LogP contribution in [0, 0.1) is 10.1 Å². The van der Waals surface area contributed by atoms with Gasteiger partial charge in [-0.2, -0.15) is 0 Å². The number of allylic oxidation sites excluding steroid dienone is 2. The first kappa shape index (κ1) is 14.7. The molecule has 0 aromatic rings. The third kappa shape index (κ3) is 3.63. The van der Waals surface area contributed by atoms with Crippen LogP contribution in [0.4, 0.5) is 4.79 Å². The van der Waals surface area contributed by atoms with Crippen LogP contribution in [0.3, 0.4) is 0 Å².